The van der Waals surface area contributed by atoms with Gasteiger partial charge in [0.15, 0.2) is 0 Å². The Morgan fingerprint density at radius 3 is 2.16 bits per heavy atom. The van der Waals surface area contributed by atoms with E-state index >= 15 is 0 Å². The number of benzene rings is 4. The summed E-state index contributed by atoms with van der Waals surface area (Å²) in [7, 11) is 0. The van der Waals surface area contributed by atoms with Crippen LogP contribution in [0, 0.1) is 0 Å². The summed E-state index contributed by atoms with van der Waals surface area (Å²) in [6, 6.07) is 27.2. The first-order chi connectivity index (χ1) is 17.8. The molecule has 0 bridgehead atoms. The van der Waals surface area contributed by atoms with Crippen LogP contribution in [0.25, 0.3) is 0 Å². The molecule has 9 heteroatoms. The largest absolute Gasteiger partial charge is 0.478 e. The van der Waals surface area contributed by atoms with Crippen molar-refractivity contribution in [2.24, 2.45) is 0 Å². The number of nitrogens with one attached hydrogen (secondary N) is 2. The van der Waals surface area contributed by atoms with Gasteiger partial charge in [-0.05, 0) is 48.0 Å². The number of hydrogen-bond donors (Lipinski definition) is 3. The maximum absolute atomic E-state index is 13.4. The van der Waals surface area contributed by atoms with Gasteiger partial charge in [0.1, 0.15) is 5.25 Å². The molecule has 3 N–H and O–H groups in total. The molecule has 4 rings (SSSR count). The molecule has 0 aromatic heterocycles. The van der Waals surface area contributed by atoms with Crippen molar-refractivity contribution >= 4 is 64.1 Å². The fourth-order valence-corrected chi connectivity index (χ4v) is 4.98. The van der Waals surface area contributed by atoms with Gasteiger partial charge in [0.2, 0.25) is 5.91 Å². The van der Waals surface area contributed by atoms with Gasteiger partial charge < -0.3 is 15.7 Å². The van der Waals surface area contributed by atoms with Crippen LogP contribution in [0.2, 0.25) is 10.0 Å². The summed E-state index contributed by atoms with van der Waals surface area (Å²) in [4.78, 5) is 38.4. The fraction of sp³-hybridized carbons (Fsp3) is 0.0357. The number of amides is 2. The van der Waals surface area contributed by atoms with Crippen LogP contribution in [-0.2, 0) is 4.79 Å². The molecule has 0 fully saturated rings. The normalized spacial score (nSPS) is 11.4. The summed E-state index contributed by atoms with van der Waals surface area (Å²) >= 11 is 13.7. The number of rotatable bonds is 8. The van der Waals surface area contributed by atoms with Crippen molar-refractivity contribution in [1.82, 2.24) is 0 Å². The Labute approximate surface area is 227 Å². The molecule has 0 saturated heterocycles. The highest BCUT2D eigenvalue weighted by Crippen LogP contribution is 2.38. The Morgan fingerprint density at radius 1 is 0.757 bits per heavy atom. The average Bonchev–Trinajstić information content (AvgIpc) is 2.90. The standard InChI is InChI=1S/C28H20Cl2N2O4S/c29-22-14-7-15-23(24(22)30)32-27(34)25(17-8-2-1-3-9-17)37-19-11-6-10-18(16-19)31-26(33)20-12-4-5-13-21(20)28(35)36/h1-16,25H,(H,31,33)(H,32,34)(H,35,36). The molecule has 0 radical (unpaired) electrons. The first kappa shape index (κ1) is 26.3. The molecular formula is C28H20Cl2N2O4S. The summed E-state index contributed by atoms with van der Waals surface area (Å²) in [6.45, 7) is 0. The summed E-state index contributed by atoms with van der Waals surface area (Å²) < 4.78 is 0. The molecular weight excluding hydrogens is 531 g/mol. The molecule has 0 spiro atoms. The summed E-state index contributed by atoms with van der Waals surface area (Å²) in [5.74, 6) is -2.04. The highest BCUT2D eigenvalue weighted by Gasteiger charge is 2.24. The second-order valence-electron chi connectivity index (χ2n) is 7.83. The van der Waals surface area contributed by atoms with Crippen LogP contribution in [0.15, 0.2) is 102 Å². The van der Waals surface area contributed by atoms with E-state index in [1.807, 2.05) is 36.4 Å². The summed E-state index contributed by atoms with van der Waals surface area (Å²) in [5.41, 5.74) is 1.59. The van der Waals surface area contributed by atoms with Gasteiger partial charge in [-0.2, -0.15) is 0 Å². The Kier molecular flexibility index (Phi) is 8.50. The molecule has 0 aliphatic carbocycles. The van der Waals surface area contributed by atoms with Gasteiger partial charge in [-0.25, -0.2) is 4.79 Å². The third kappa shape index (κ3) is 6.51. The van der Waals surface area contributed by atoms with Crippen molar-refractivity contribution in [3.05, 3.63) is 124 Å². The van der Waals surface area contributed by atoms with Crippen LogP contribution in [0.3, 0.4) is 0 Å². The highest BCUT2D eigenvalue weighted by molar-refractivity contribution is 8.00. The maximum Gasteiger partial charge on any atom is 0.336 e. The van der Waals surface area contributed by atoms with Crippen molar-refractivity contribution in [3.8, 4) is 0 Å². The predicted molar refractivity (Wildman–Crippen MR) is 148 cm³/mol. The van der Waals surface area contributed by atoms with Crippen molar-refractivity contribution in [2.75, 3.05) is 10.6 Å². The van der Waals surface area contributed by atoms with E-state index in [2.05, 4.69) is 10.6 Å². The van der Waals surface area contributed by atoms with Gasteiger partial charge in [0, 0.05) is 10.6 Å². The first-order valence-corrected chi connectivity index (χ1v) is 12.7. The van der Waals surface area contributed by atoms with Gasteiger partial charge in [-0.1, -0.05) is 77.8 Å². The van der Waals surface area contributed by atoms with Crippen LogP contribution >= 0.6 is 35.0 Å². The molecule has 37 heavy (non-hydrogen) atoms. The predicted octanol–water partition coefficient (Wildman–Crippen LogP) is 7.42. The van der Waals surface area contributed by atoms with Crippen molar-refractivity contribution in [3.63, 3.8) is 0 Å². The van der Waals surface area contributed by atoms with Crippen LogP contribution < -0.4 is 10.6 Å². The third-order valence-electron chi connectivity index (χ3n) is 5.30. The zero-order chi connectivity index (χ0) is 26.4. The molecule has 2 amide bonds. The minimum absolute atomic E-state index is 0.0491. The molecule has 186 valence electrons. The number of anilines is 2. The van der Waals surface area contributed by atoms with E-state index in [-0.39, 0.29) is 22.1 Å². The fourth-order valence-electron chi connectivity index (χ4n) is 3.55. The van der Waals surface area contributed by atoms with Crippen molar-refractivity contribution < 1.29 is 19.5 Å². The summed E-state index contributed by atoms with van der Waals surface area (Å²) in [6.07, 6.45) is 0. The first-order valence-electron chi connectivity index (χ1n) is 11.0. The number of carbonyl (C=O) groups excluding carboxylic acids is 2. The Hall–Kier alpha value is -3.78. The SMILES string of the molecule is O=C(O)c1ccccc1C(=O)Nc1cccc(SC(C(=O)Nc2cccc(Cl)c2Cl)c2ccccc2)c1. The van der Waals surface area contributed by atoms with E-state index in [0.29, 0.717) is 21.3 Å². The van der Waals surface area contributed by atoms with E-state index in [0.717, 1.165) is 5.56 Å². The van der Waals surface area contributed by atoms with Gasteiger partial charge in [0.25, 0.3) is 5.91 Å². The van der Waals surface area contributed by atoms with Crippen LogP contribution in [-0.4, -0.2) is 22.9 Å². The molecule has 0 aliphatic rings. The molecule has 4 aromatic rings. The molecule has 0 saturated carbocycles. The third-order valence-corrected chi connectivity index (χ3v) is 7.36. The van der Waals surface area contributed by atoms with Crippen molar-refractivity contribution in [1.29, 1.82) is 0 Å². The molecule has 0 heterocycles. The Balaban J connectivity index is 1.57. The molecule has 1 atom stereocenters. The Morgan fingerprint density at radius 2 is 1.43 bits per heavy atom. The number of carboxylic acids is 1. The van der Waals surface area contributed by atoms with E-state index in [4.69, 9.17) is 23.2 Å². The molecule has 0 aliphatic heterocycles. The van der Waals surface area contributed by atoms with Crippen LogP contribution in [0.5, 0.6) is 0 Å². The number of aromatic carboxylic acids is 1. The number of carbonyl (C=O) groups is 3. The number of carboxylic acid groups (broad SMARTS) is 1. The molecule has 4 aromatic carbocycles. The quantitative estimate of drug-likeness (QED) is 0.198. The lowest BCUT2D eigenvalue weighted by Crippen LogP contribution is -2.19. The zero-order valence-corrected chi connectivity index (χ0v) is 21.5. The number of thioether (sulfide) groups is 1. The topological polar surface area (TPSA) is 95.5 Å². The Bertz CT molecular complexity index is 1460. The molecule has 6 nitrogen and oxygen atoms in total. The van der Waals surface area contributed by atoms with Crippen LogP contribution in [0.1, 0.15) is 31.5 Å². The van der Waals surface area contributed by atoms with Crippen LogP contribution in [0.4, 0.5) is 11.4 Å². The molecule has 1 unspecified atom stereocenters. The lowest BCUT2D eigenvalue weighted by Gasteiger charge is -2.18. The monoisotopic (exact) mass is 550 g/mol. The highest BCUT2D eigenvalue weighted by atomic mass is 35.5. The lowest BCUT2D eigenvalue weighted by molar-refractivity contribution is -0.115. The maximum atomic E-state index is 13.4. The smallest absolute Gasteiger partial charge is 0.336 e. The van der Waals surface area contributed by atoms with Gasteiger partial charge in [0.05, 0.1) is 26.9 Å². The second-order valence-corrected chi connectivity index (χ2v) is 9.80. The van der Waals surface area contributed by atoms with E-state index in [9.17, 15) is 19.5 Å². The number of halogens is 2. The van der Waals surface area contributed by atoms with E-state index < -0.39 is 17.1 Å². The minimum atomic E-state index is -1.19. The second kappa shape index (κ2) is 12.0. The average molecular weight is 551 g/mol. The van der Waals surface area contributed by atoms with Gasteiger partial charge in [-0.3, -0.25) is 9.59 Å². The van der Waals surface area contributed by atoms with Crippen molar-refractivity contribution in [2.45, 2.75) is 10.1 Å². The van der Waals surface area contributed by atoms with Gasteiger partial charge >= 0.3 is 5.97 Å². The number of hydrogen-bond acceptors (Lipinski definition) is 4. The zero-order valence-electron chi connectivity index (χ0n) is 19.2. The lowest BCUT2D eigenvalue weighted by atomic mass is 10.1. The van der Waals surface area contributed by atoms with E-state index in [1.54, 1.807) is 48.5 Å². The van der Waals surface area contributed by atoms with E-state index in [1.165, 1.54) is 23.9 Å². The van der Waals surface area contributed by atoms with Gasteiger partial charge in [-0.15, -0.1) is 11.8 Å². The minimum Gasteiger partial charge on any atom is -0.478 e. The summed E-state index contributed by atoms with van der Waals surface area (Å²) in [5, 5.41) is 14.9.